The van der Waals surface area contributed by atoms with Gasteiger partial charge in [-0.2, -0.15) is 0 Å². The molecular formula is C14H13ClN6O. The smallest absolute Gasteiger partial charge is 0.205 e. The number of ether oxygens (including phenoxy) is 1. The Bertz CT molecular complexity index is 879. The van der Waals surface area contributed by atoms with Gasteiger partial charge in [-0.05, 0) is 31.2 Å². The van der Waals surface area contributed by atoms with Gasteiger partial charge in [0.05, 0.1) is 12.8 Å². The molecule has 0 radical (unpaired) electrons. The Labute approximate surface area is 131 Å². The number of aromatic amines is 1. The number of benzene rings is 1. The normalized spacial score (nSPS) is 11.4. The third-order valence-corrected chi connectivity index (χ3v) is 3.36. The van der Waals surface area contributed by atoms with Crippen LogP contribution in [0.1, 0.15) is 11.5 Å². The van der Waals surface area contributed by atoms with Gasteiger partial charge in [0.15, 0.2) is 5.69 Å². The highest BCUT2D eigenvalue weighted by Crippen LogP contribution is 2.33. The first-order valence-electron chi connectivity index (χ1n) is 6.45. The fourth-order valence-corrected chi connectivity index (χ4v) is 2.20. The van der Waals surface area contributed by atoms with Crippen LogP contribution in [-0.2, 0) is 0 Å². The van der Waals surface area contributed by atoms with Crippen molar-refractivity contribution in [1.82, 2.24) is 19.8 Å². The molecule has 2 heterocycles. The second-order valence-electron chi connectivity index (χ2n) is 4.50. The van der Waals surface area contributed by atoms with Gasteiger partial charge in [-0.1, -0.05) is 18.2 Å². The number of hydrogen-bond donors (Lipinski definition) is 1. The standard InChI is InChI=1S/C14H13ClN6O/c1-4-10-13(14-19-16-8(2)21(14)20-10)18-17-11-7-9(15)5-6-12(11)22-3/h4-7,20H,1H2,2-3H3. The van der Waals surface area contributed by atoms with Crippen LogP contribution in [0.4, 0.5) is 11.4 Å². The number of nitrogens with zero attached hydrogens (tertiary/aromatic N) is 5. The highest BCUT2D eigenvalue weighted by Gasteiger charge is 2.14. The van der Waals surface area contributed by atoms with E-state index in [1.165, 1.54) is 0 Å². The summed E-state index contributed by atoms with van der Waals surface area (Å²) in [4.78, 5) is 0. The summed E-state index contributed by atoms with van der Waals surface area (Å²) in [5, 5.41) is 20.2. The zero-order chi connectivity index (χ0) is 15.7. The molecule has 0 aliphatic heterocycles. The Morgan fingerprint density at radius 2 is 2.18 bits per heavy atom. The molecule has 0 saturated carbocycles. The van der Waals surface area contributed by atoms with Crippen molar-refractivity contribution in [2.24, 2.45) is 10.2 Å². The summed E-state index contributed by atoms with van der Waals surface area (Å²) in [7, 11) is 1.56. The van der Waals surface area contributed by atoms with Gasteiger partial charge < -0.3 is 4.74 Å². The van der Waals surface area contributed by atoms with Crippen LogP contribution in [-0.4, -0.2) is 26.9 Å². The molecule has 1 aromatic carbocycles. The SMILES string of the molecule is C=Cc1[nH]n2c(C)nnc2c1N=Nc1cc(Cl)ccc1OC. The minimum absolute atomic E-state index is 0.528. The number of fused-ring (bicyclic) bond motifs is 1. The molecule has 2 aromatic heterocycles. The Kier molecular flexibility index (Phi) is 3.64. The van der Waals surface area contributed by atoms with Crippen molar-refractivity contribution in [1.29, 1.82) is 0 Å². The maximum absolute atomic E-state index is 5.99. The summed E-state index contributed by atoms with van der Waals surface area (Å²) in [5.41, 5.74) is 2.37. The molecule has 3 rings (SSSR count). The molecule has 0 aliphatic rings. The van der Waals surface area contributed by atoms with Crippen LogP contribution in [0.5, 0.6) is 5.75 Å². The number of hydrogen-bond acceptors (Lipinski definition) is 5. The molecule has 0 atom stereocenters. The number of methoxy groups -OCH3 is 1. The van der Waals surface area contributed by atoms with Gasteiger partial charge in [0, 0.05) is 5.02 Å². The second-order valence-corrected chi connectivity index (χ2v) is 4.94. The Morgan fingerprint density at radius 1 is 1.36 bits per heavy atom. The summed E-state index contributed by atoms with van der Waals surface area (Å²) in [6, 6.07) is 5.14. The number of H-pyrrole nitrogens is 1. The van der Waals surface area contributed by atoms with Gasteiger partial charge in [-0.3, -0.25) is 5.10 Å². The molecule has 0 fully saturated rings. The molecule has 0 saturated heterocycles. The van der Waals surface area contributed by atoms with Crippen molar-refractivity contribution in [3.05, 3.63) is 41.3 Å². The van der Waals surface area contributed by atoms with Crippen molar-refractivity contribution >= 4 is 34.7 Å². The lowest BCUT2D eigenvalue weighted by atomic mass is 10.3. The summed E-state index contributed by atoms with van der Waals surface area (Å²) in [6.07, 6.45) is 1.65. The van der Waals surface area contributed by atoms with Crippen molar-refractivity contribution in [3.8, 4) is 5.75 Å². The first-order valence-corrected chi connectivity index (χ1v) is 6.83. The van der Waals surface area contributed by atoms with Crippen LogP contribution >= 0.6 is 11.6 Å². The van der Waals surface area contributed by atoms with Crippen LogP contribution in [0, 0.1) is 6.92 Å². The topological polar surface area (TPSA) is 79.9 Å². The minimum Gasteiger partial charge on any atom is -0.494 e. The number of aromatic nitrogens is 4. The molecule has 7 nitrogen and oxygen atoms in total. The Hall–Kier alpha value is -2.67. The van der Waals surface area contributed by atoms with Crippen molar-refractivity contribution < 1.29 is 4.74 Å². The summed E-state index contributed by atoms with van der Waals surface area (Å²) in [6.45, 7) is 5.60. The maximum Gasteiger partial charge on any atom is 0.205 e. The molecule has 22 heavy (non-hydrogen) atoms. The number of halogens is 1. The quantitative estimate of drug-likeness (QED) is 0.736. The van der Waals surface area contributed by atoms with E-state index in [0.717, 1.165) is 5.82 Å². The number of azo groups is 1. The molecule has 112 valence electrons. The summed E-state index contributed by atoms with van der Waals surface area (Å²) < 4.78 is 6.97. The maximum atomic E-state index is 5.99. The largest absolute Gasteiger partial charge is 0.494 e. The van der Waals surface area contributed by atoms with Crippen LogP contribution in [0.2, 0.25) is 5.02 Å². The third-order valence-electron chi connectivity index (χ3n) is 3.13. The van der Waals surface area contributed by atoms with Gasteiger partial charge in [0.1, 0.15) is 17.3 Å². The lowest BCUT2D eigenvalue weighted by Gasteiger charge is -2.02. The molecule has 0 amide bonds. The number of rotatable bonds is 4. The Morgan fingerprint density at radius 3 is 2.91 bits per heavy atom. The molecule has 0 unspecified atom stereocenters. The van der Waals surface area contributed by atoms with E-state index in [4.69, 9.17) is 16.3 Å². The fourth-order valence-electron chi connectivity index (χ4n) is 2.03. The second kappa shape index (κ2) is 5.61. The zero-order valence-electron chi connectivity index (χ0n) is 12.0. The molecule has 8 heteroatoms. The first-order chi connectivity index (χ1) is 10.6. The predicted molar refractivity (Wildman–Crippen MR) is 84.3 cm³/mol. The van der Waals surface area contributed by atoms with E-state index >= 15 is 0 Å². The average molecular weight is 317 g/mol. The Balaban J connectivity index is 2.09. The van der Waals surface area contributed by atoms with Crippen LogP contribution in [0.3, 0.4) is 0 Å². The van der Waals surface area contributed by atoms with E-state index in [1.807, 2.05) is 6.92 Å². The lowest BCUT2D eigenvalue weighted by Crippen LogP contribution is -1.87. The molecular weight excluding hydrogens is 304 g/mol. The number of aryl methyl sites for hydroxylation is 1. The fraction of sp³-hybridized carbons (Fsp3) is 0.143. The highest BCUT2D eigenvalue weighted by atomic mass is 35.5. The van der Waals surface area contributed by atoms with Crippen LogP contribution < -0.4 is 4.74 Å². The summed E-state index contributed by atoms with van der Waals surface area (Å²) in [5.74, 6) is 1.30. The number of nitrogens with one attached hydrogen (secondary N) is 1. The minimum atomic E-state index is 0.528. The van der Waals surface area contributed by atoms with E-state index in [2.05, 4.69) is 32.1 Å². The average Bonchev–Trinajstić information content (AvgIpc) is 3.05. The monoisotopic (exact) mass is 316 g/mol. The van der Waals surface area contributed by atoms with E-state index in [-0.39, 0.29) is 0 Å². The van der Waals surface area contributed by atoms with Gasteiger partial charge in [0.2, 0.25) is 5.65 Å². The summed E-state index contributed by atoms with van der Waals surface area (Å²) >= 11 is 5.99. The highest BCUT2D eigenvalue weighted by molar-refractivity contribution is 6.30. The molecule has 0 aliphatic carbocycles. The predicted octanol–water partition coefficient (Wildman–Crippen LogP) is 4.09. The van der Waals surface area contributed by atoms with Crippen molar-refractivity contribution in [3.63, 3.8) is 0 Å². The van der Waals surface area contributed by atoms with E-state index < -0.39 is 0 Å². The zero-order valence-corrected chi connectivity index (χ0v) is 12.8. The van der Waals surface area contributed by atoms with Gasteiger partial charge >= 0.3 is 0 Å². The molecule has 0 spiro atoms. The van der Waals surface area contributed by atoms with E-state index in [9.17, 15) is 0 Å². The van der Waals surface area contributed by atoms with Crippen LogP contribution in [0.15, 0.2) is 35.0 Å². The van der Waals surface area contributed by atoms with Crippen LogP contribution in [0.25, 0.3) is 11.7 Å². The molecule has 0 bridgehead atoms. The van der Waals surface area contributed by atoms with Gasteiger partial charge in [0.25, 0.3) is 0 Å². The third kappa shape index (κ3) is 2.35. The molecule has 1 N–H and O–H groups in total. The van der Waals surface area contributed by atoms with Crippen molar-refractivity contribution in [2.75, 3.05) is 7.11 Å². The lowest BCUT2D eigenvalue weighted by molar-refractivity contribution is 0.416. The molecule has 3 aromatic rings. The van der Waals surface area contributed by atoms with Crippen molar-refractivity contribution in [2.45, 2.75) is 6.92 Å². The van der Waals surface area contributed by atoms with Gasteiger partial charge in [-0.25, -0.2) is 4.52 Å². The van der Waals surface area contributed by atoms with E-state index in [0.29, 0.717) is 33.5 Å². The first kappa shape index (κ1) is 14.3. The van der Waals surface area contributed by atoms with Gasteiger partial charge in [-0.15, -0.1) is 20.4 Å². The van der Waals surface area contributed by atoms with E-state index in [1.54, 1.807) is 35.9 Å².